The maximum absolute atomic E-state index is 13.1. The summed E-state index contributed by atoms with van der Waals surface area (Å²) in [6, 6.07) is 10.4. The summed E-state index contributed by atoms with van der Waals surface area (Å²) in [7, 11) is 0. The van der Waals surface area contributed by atoms with Crippen LogP contribution in [-0.4, -0.2) is 52.9 Å². The molecule has 1 aromatic heterocycles. The normalized spacial score (nSPS) is 22.1. The molecule has 4 rings (SSSR count). The van der Waals surface area contributed by atoms with Gasteiger partial charge in [0.25, 0.3) is 5.91 Å². The Morgan fingerprint density at radius 2 is 2.04 bits per heavy atom. The van der Waals surface area contributed by atoms with E-state index in [1.807, 2.05) is 42.2 Å². The van der Waals surface area contributed by atoms with Gasteiger partial charge in [-0.25, -0.2) is 0 Å². The Bertz CT molecular complexity index is 742. The van der Waals surface area contributed by atoms with Crippen LogP contribution in [0.15, 0.2) is 30.3 Å². The molecule has 0 spiro atoms. The van der Waals surface area contributed by atoms with Gasteiger partial charge in [0.05, 0.1) is 11.1 Å². The molecule has 0 N–H and O–H groups in total. The number of carbonyl (C=O) groups excluding carboxylic acids is 1. The second-order valence-corrected chi connectivity index (χ2v) is 6.77. The van der Waals surface area contributed by atoms with E-state index in [0.717, 1.165) is 41.8 Å². The number of para-hydroxylation sites is 1. The molecule has 0 unspecified atom stereocenters. The van der Waals surface area contributed by atoms with Gasteiger partial charge in [-0.1, -0.05) is 24.6 Å². The van der Waals surface area contributed by atoms with Crippen molar-refractivity contribution < 1.29 is 4.79 Å². The number of aromatic nitrogens is 1. The Morgan fingerprint density at radius 1 is 1.17 bits per heavy atom. The first-order valence-corrected chi connectivity index (χ1v) is 8.62. The molecule has 2 aliphatic heterocycles. The summed E-state index contributed by atoms with van der Waals surface area (Å²) in [6.45, 7) is 5.88. The summed E-state index contributed by atoms with van der Waals surface area (Å²) in [5.74, 6) is 0.164. The first kappa shape index (κ1) is 14.6. The van der Waals surface area contributed by atoms with E-state index in [1.165, 1.54) is 25.8 Å². The SMILES string of the molecule is Cc1cc(C(=O)N2CCN3CCCC[C@@H]3C2)c2ccccc2n1. The Labute approximate surface area is 137 Å². The van der Waals surface area contributed by atoms with E-state index < -0.39 is 0 Å². The zero-order valence-electron chi connectivity index (χ0n) is 13.7. The van der Waals surface area contributed by atoms with Crippen molar-refractivity contribution in [2.45, 2.75) is 32.2 Å². The number of benzene rings is 1. The standard InChI is InChI=1S/C19H23N3O/c1-14-12-17(16-7-2-3-8-18(16)20-14)19(23)22-11-10-21-9-5-4-6-15(21)13-22/h2-3,7-8,12,15H,4-6,9-11,13H2,1H3/t15-/m1/s1. The molecule has 2 saturated heterocycles. The number of aryl methyl sites for hydroxylation is 1. The number of amides is 1. The summed E-state index contributed by atoms with van der Waals surface area (Å²) in [5.41, 5.74) is 2.62. The molecular weight excluding hydrogens is 286 g/mol. The van der Waals surface area contributed by atoms with Gasteiger partial charge in [-0.15, -0.1) is 0 Å². The molecule has 2 aromatic rings. The van der Waals surface area contributed by atoms with Crippen LogP contribution in [0.2, 0.25) is 0 Å². The largest absolute Gasteiger partial charge is 0.336 e. The van der Waals surface area contributed by atoms with Crippen molar-refractivity contribution in [2.24, 2.45) is 0 Å². The molecule has 4 nitrogen and oxygen atoms in total. The minimum absolute atomic E-state index is 0.164. The highest BCUT2D eigenvalue weighted by Gasteiger charge is 2.31. The third kappa shape index (κ3) is 2.72. The smallest absolute Gasteiger partial charge is 0.254 e. The lowest BCUT2D eigenvalue weighted by Crippen LogP contribution is -2.56. The van der Waals surface area contributed by atoms with Gasteiger partial charge in [-0.3, -0.25) is 14.7 Å². The van der Waals surface area contributed by atoms with Crippen LogP contribution in [0, 0.1) is 6.92 Å². The lowest BCUT2D eigenvalue weighted by molar-refractivity contribution is 0.0374. The number of carbonyl (C=O) groups is 1. The number of fused-ring (bicyclic) bond motifs is 2. The highest BCUT2D eigenvalue weighted by Crippen LogP contribution is 2.24. The van der Waals surface area contributed by atoms with Crippen molar-refractivity contribution in [2.75, 3.05) is 26.2 Å². The van der Waals surface area contributed by atoms with Crippen molar-refractivity contribution in [1.29, 1.82) is 0 Å². The molecule has 2 fully saturated rings. The fourth-order valence-electron chi connectivity index (χ4n) is 4.00. The number of hydrogen-bond acceptors (Lipinski definition) is 3. The fraction of sp³-hybridized carbons (Fsp3) is 0.474. The third-order valence-electron chi connectivity index (χ3n) is 5.20. The van der Waals surface area contributed by atoms with Crippen LogP contribution >= 0.6 is 0 Å². The Hall–Kier alpha value is -1.94. The monoisotopic (exact) mass is 309 g/mol. The molecule has 2 aliphatic rings. The van der Waals surface area contributed by atoms with Crippen LogP contribution in [0.5, 0.6) is 0 Å². The fourth-order valence-corrected chi connectivity index (χ4v) is 4.00. The first-order valence-electron chi connectivity index (χ1n) is 8.62. The van der Waals surface area contributed by atoms with Gasteiger partial charge < -0.3 is 4.90 Å². The maximum Gasteiger partial charge on any atom is 0.254 e. The Balaban J connectivity index is 1.64. The van der Waals surface area contributed by atoms with Crippen LogP contribution < -0.4 is 0 Å². The van der Waals surface area contributed by atoms with Crippen LogP contribution in [0.25, 0.3) is 10.9 Å². The number of piperidine rings is 1. The number of pyridine rings is 1. The van der Waals surface area contributed by atoms with Crippen LogP contribution in [0.4, 0.5) is 0 Å². The Morgan fingerprint density at radius 3 is 2.96 bits per heavy atom. The van der Waals surface area contributed by atoms with Crippen molar-refractivity contribution in [1.82, 2.24) is 14.8 Å². The van der Waals surface area contributed by atoms with E-state index in [9.17, 15) is 4.79 Å². The molecule has 4 heteroatoms. The number of hydrogen-bond donors (Lipinski definition) is 0. The zero-order chi connectivity index (χ0) is 15.8. The van der Waals surface area contributed by atoms with E-state index in [-0.39, 0.29) is 5.91 Å². The van der Waals surface area contributed by atoms with Gasteiger partial charge in [-0.05, 0) is 38.4 Å². The van der Waals surface area contributed by atoms with Crippen molar-refractivity contribution in [3.05, 3.63) is 41.6 Å². The predicted octanol–water partition coefficient (Wildman–Crippen LogP) is 2.85. The van der Waals surface area contributed by atoms with Gasteiger partial charge in [-0.2, -0.15) is 0 Å². The van der Waals surface area contributed by atoms with Gasteiger partial charge in [0, 0.05) is 36.8 Å². The van der Waals surface area contributed by atoms with Crippen molar-refractivity contribution in [3.63, 3.8) is 0 Å². The minimum Gasteiger partial charge on any atom is -0.336 e. The van der Waals surface area contributed by atoms with E-state index in [2.05, 4.69) is 9.88 Å². The summed E-state index contributed by atoms with van der Waals surface area (Å²) in [5, 5.41) is 0.967. The molecule has 120 valence electrons. The maximum atomic E-state index is 13.1. The highest BCUT2D eigenvalue weighted by molar-refractivity contribution is 6.06. The second kappa shape index (κ2) is 5.93. The highest BCUT2D eigenvalue weighted by atomic mass is 16.2. The van der Waals surface area contributed by atoms with Crippen LogP contribution in [0.3, 0.4) is 0 Å². The molecule has 0 radical (unpaired) electrons. The molecule has 23 heavy (non-hydrogen) atoms. The van der Waals surface area contributed by atoms with Gasteiger partial charge in [0.2, 0.25) is 0 Å². The summed E-state index contributed by atoms with van der Waals surface area (Å²) >= 11 is 0. The lowest BCUT2D eigenvalue weighted by Gasteiger charge is -2.44. The molecule has 1 amide bonds. The predicted molar refractivity (Wildman–Crippen MR) is 91.6 cm³/mol. The van der Waals surface area contributed by atoms with E-state index in [4.69, 9.17) is 0 Å². The average molecular weight is 309 g/mol. The number of rotatable bonds is 1. The first-order chi connectivity index (χ1) is 11.2. The topological polar surface area (TPSA) is 36.4 Å². The molecule has 1 atom stereocenters. The zero-order valence-corrected chi connectivity index (χ0v) is 13.7. The lowest BCUT2D eigenvalue weighted by atomic mass is 9.98. The molecular formula is C19H23N3O. The average Bonchev–Trinajstić information content (AvgIpc) is 2.60. The molecule has 0 aliphatic carbocycles. The van der Waals surface area contributed by atoms with Crippen molar-refractivity contribution >= 4 is 16.8 Å². The minimum atomic E-state index is 0.164. The van der Waals surface area contributed by atoms with E-state index in [0.29, 0.717) is 6.04 Å². The second-order valence-electron chi connectivity index (χ2n) is 6.77. The molecule has 3 heterocycles. The summed E-state index contributed by atoms with van der Waals surface area (Å²) < 4.78 is 0. The number of piperazine rings is 1. The van der Waals surface area contributed by atoms with Gasteiger partial charge in [0.15, 0.2) is 0 Å². The van der Waals surface area contributed by atoms with E-state index >= 15 is 0 Å². The summed E-state index contributed by atoms with van der Waals surface area (Å²) in [4.78, 5) is 22.3. The van der Waals surface area contributed by atoms with Crippen LogP contribution in [0.1, 0.15) is 35.3 Å². The molecule has 1 aromatic carbocycles. The molecule has 0 saturated carbocycles. The van der Waals surface area contributed by atoms with Gasteiger partial charge >= 0.3 is 0 Å². The third-order valence-corrected chi connectivity index (χ3v) is 5.20. The Kier molecular flexibility index (Phi) is 3.77. The van der Waals surface area contributed by atoms with Gasteiger partial charge in [0.1, 0.15) is 0 Å². The number of nitrogens with zero attached hydrogens (tertiary/aromatic N) is 3. The quantitative estimate of drug-likeness (QED) is 0.813. The van der Waals surface area contributed by atoms with E-state index in [1.54, 1.807) is 0 Å². The van der Waals surface area contributed by atoms with Crippen LogP contribution in [-0.2, 0) is 0 Å². The van der Waals surface area contributed by atoms with Crippen molar-refractivity contribution in [3.8, 4) is 0 Å². The molecule has 0 bridgehead atoms. The summed E-state index contributed by atoms with van der Waals surface area (Å²) in [6.07, 6.45) is 3.82.